The fourth-order valence-electron chi connectivity index (χ4n) is 4.43. The maximum atomic E-state index is 13.4. The molecule has 0 amide bonds. The van der Waals surface area contributed by atoms with Gasteiger partial charge in [0, 0.05) is 12.7 Å². The van der Waals surface area contributed by atoms with Crippen molar-refractivity contribution < 1.29 is 32.9 Å². The van der Waals surface area contributed by atoms with Gasteiger partial charge in [-0.1, -0.05) is 12.1 Å². The Morgan fingerprint density at radius 2 is 1.80 bits per heavy atom. The second-order valence-electron chi connectivity index (χ2n) is 8.19. The molecule has 3 fully saturated rings. The molecule has 5 rings (SSSR count). The number of rotatable bonds is 8. The largest absolute Gasteiger partial charge is 0.480 e. The number of hydrogen-bond donors (Lipinski definition) is 1. The topological polar surface area (TPSA) is 65.0 Å². The predicted molar refractivity (Wildman–Crippen MR) is 104 cm³/mol. The number of carbonyl (C=O) groups is 1. The van der Waals surface area contributed by atoms with Crippen LogP contribution in [-0.2, 0) is 19.9 Å². The second-order valence-corrected chi connectivity index (χ2v) is 8.19. The minimum atomic E-state index is -0.958. The zero-order valence-electron chi connectivity index (χ0n) is 16.5. The third kappa shape index (κ3) is 4.32. The van der Waals surface area contributed by atoms with Crippen molar-refractivity contribution in [3.05, 3.63) is 59.7 Å². The van der Waals surface area contributed by atoms with Gasteiger partial charge >= 0.3 is 5.97 Å². The highest BCUT2D eigenvalue weighted by Gasteiger charge is 2.50. The number of hydrogen-bond acceptors (Lipinski definition) is 4. The first-order valence-corrected chi connectivity index (χ1v) is 10.1. The molecule has 3 aliphatic rings. The van der Waals surface area contributed by atoms with Crippen LogP contribution in [0, 0.1) is 17.0 Å². The minimum Gasteiger partial charge on any atom is -0.480 e. The molecule has 0 radical (unpaired) electrons. The molecule has 2 saturated heterocycles. The fraction of sp³-hybridized carbons (Fsp3) is 0.435. The van der Waals surface area contributed by atoms with Crippen LogP contribution < -0.4 is 4.74 Å². The Morgan fingerprint density at radius 1 is 1.03 bits per heavy atom. The van der Waals surface area contributed by atoms with Gasteiger partial charge < -0.3 is 19.3 Å². The van der Waals surface area contributed by atoms with Gasteiger partial charge in [0.05, 0.1) is 12.2 Å². The van der Waals surface area contributed by atoms with Gasteiger partial charge in [0.15, 0.2) is 11.6 Å². The van der Waals surface area contributed by atoms with E-state index in [1.807, 2.05) is 18.2 Å². The summed E-state index contributed by atoms with van der Waals surface area (Å²) in [5.74, 6) is -2.04. The summed E-state index contributed by atoms with van der Waals surface area (Å²) in [4.78, 5) is 10.6. The summed E-state index contributed by atoms with van der Waals surface area (Å²) in [5.41, 5.74) is 0.676. The lowest BCUT2D eigenvalue weighted by molar-refractivity contribution is -0.194. The van der Waals surface area contributed by atoms with E-state index >= 15 is 0 Å². The van der Waals surface area contributed by atoms with Crippen LogP contribution in [0.1, 0.15) is 37.7 Å². The Balaban J connectivity index is 1.41. The Kier molecular flexibility index (Phi) is 5.75. The average Bonchev–Trinajstić information content (AvgIpc) is 2.75. The van der Waals surface area contributed by atoms with Crippen molar-refractivity contribution in [1.29, 1.82) is 0 Å². The molecule has 160 valence electrons. The van der Waals surface area contributed by atoms with Gasteiger partial charge in [-0.15, -0.1) is 0 Å². The van der Waals surface area contributed by atoms with E-state index in [9.17, 15) is 13.6 Å². The number of benzene rings is 2. The molecule has 2 bridgehead atoms. The van der Waals surface area contributed by atoms with Crippen molar-refractivity contribution in [2.45, 2.75) is 37.7 Å². The third-order valence-corrected chi connectivity index (χ3v) is 6.26. The van der Waals surface area contributed by atoms with E-state index in [4.69, 9.17) is 19.3 Å². The zero-order chi connectivity index (χ0) is 21.2. The Labute approximate surface area is 173 Å². The lowest BCUT2D eigenvalue weighted by Gasteiger charge is -2.53. The van der Waals surface area contributed by atoms with Crippen LogP contribution in [0.25, 0.3) is 0 Å². The lowest BCUT2D eigenvalue weighted by Crippen LogP contribution is -2.49. The molecule has 1 saturated carbocycles. The van der Waals surface area contributed by atoms with Gasteiger partial charge in [0.25, 0.3) is 0 Å². The van der Waals surface area contributed by atoms with Crippen LogP contribution in [-0.4, -0.2) is 30.9 Å². The second kappa shape index (κ2) is 8.32. The number of carboxylic acid groups (broad SMARTS) is 1. The van der Waals surface area contributed by atoms with E-state index in [1.54, 1.807) is 6.07 Å². The van der Waals surface area contributed by atoms with Crippen molar-refractivity contribution in [1.82, 2.24) is 0 Å². The standard InChI is InChI=1S/C23H24F2O5/c24-19-5-4-18(13-20(19)25)30-17-3-1-2-16(12-17)23-8-6-22(7-9-23,15-29-23)10-11-28-14-21(26)27/h1-5,12-13H,6-11,14-15H2,(H,26,27). The van der Waals surface area contributed by atoms with Gasteiger partial charge in [-0.3, -0.25) is 0 Å². The maximum absolute atomic E-state index is 13.4. The molecule has 5 nitrogen and oxygen atoms in total. The first-order valence-electron chi connectivity index (χ1n) is 10.1. The molecule has 30 heavy (non-hydrogen) atoms. The molecule has 2 aliphatic heterocycles. The van der Waals surface area contributed by atoms with Gasteiger partial charge in [-0.05, 0) is 67.3 Å². The van der Waals surface area contributed by atoms with Crippen molar-refractivity contribution in [3.8, 4) is 11.5 Å². The van der Waals surface area contributed by atoms with Crippen molar-refractivity contribution in [2.75, 3.05) is 19.8 Å². The Bertz CT molecular complexity index is 905. The van der Waals surface area contributed by atoms with Crippen molar-refractivity contribution in [3.63, 3.8) is 0 Å². The molecule has 2 heterocycles. The number of halogens is 2. The molecule has 2 aromatic rings. The highest BCUT2D eigenvalue weighted by molar-refractivity contribution is 5.67. The Hall–Kier alpha value is -2.51. The monoisotopic (exact) mass is 418 g/mol. The molecule has 0 aromatic heterocycles. The first kappa shape index (κ1) is 20.8. The van der Waals surface area contributed by atoms with Crippen molar-refractivity contribution in [2.24, 2.45) is 5.41 Å². The summed E-state index contributed by atoms with van der Waals surface area (Å²) in [6, 6.07) is 11.0. The number of aliphatic carboxylic acids is 1. The number of fused-ring (bicyclic) bond motifs is 3. The van der Waals surface area contributed by atoms with Crippen LogP contribution in [0.3, 0.4) is 0 Å². The van der Waals surface area contributed by atoms with Gasteiger partial charge in [0.1, 0.15) is 18.1 Å². The smallest absolute Gasteiger partial charge is 0.329 e. The third-order valence-electron chi connectivity index (χ3n) is 6.26. The number of ether oxygens (including phenoxy) is 3. The summed E-state index contributed by atoms with van der Waals surface area (Å²) >= 11 is 0. The lowest BCUT2D eigenvalue weighted by atomic mass is 9.63. The predicted octanol–water partition coefficient (Wildman–Crippen LogP) is 5.03. The van der Waals surface area contributed by atoms with E-state index in [0.717, 1.165) is 49.8 Å². The molecule has 1 aliphatic carbocycles. The molecule has 0 atom stereocenters. The molecule has 7 heteroatoms. The van der Waals surface area contributed by atoms with Crippen LogP contribution in [0.4, 0.5) is 8.78 Å². The highest BCUT2D eigenvalue weighted by atomic mass is 19.2. The van der Waals surface area contributed by atoms with Crippen molar-refractivity contribution >= 4 is 5.97 Å². The quantitative estimate of drug-likeness (QED) is 0.609. The molecule has 0 spiro atoms. The van der Waals surface area contributed by atoms with Crippen LogP contribution in [0.5, 0.6) is 11.5 Å². The first-order chi connectivity index (χ1) is 14.4. The van der Waals surface area contributed by atoms with Crippen LogP contribution >= 0.6 is 0 Å². The van der Waals surface area contributed by atoms with Crippen LogP contribution in [0.15, 0.2) is 42.5 Å². The van der Waals surface area contributed by atoms with Gasteiger partial charge in [0.2, 0.25) is 0 Å². The normalized spacial score (nSPS) is 25.3. The van der Waals surface area contributed by atoms with E-state index in [2.05, 4.69) is 0 Å². The summed E-state index contributed by atoms with van der Waals surface area (Å²) < 4.78 is 43.9. The van der Waals surface area contributed by atoms with Gasteiger partial charge in [-0.25, -0.2) is 13.6 Å². The zero-order valence-corrected chi connectivity index (χ0v) is 16.5. The molecule has 2 aromatic carbocycles. The molecular formula is C23H24F2O5. The van der Waals surface area contributed by atoms with Crippen LogP contribution in [0.2, 0.25) is 0 Å². The highest BCUT2D eigenvalue weighted by Crippen LogP contribution is 2.55. The van der Waals surface area contributed by atoms with E-state index < -0.39 is 17.6 Å². The summed E-state index contributed by atoms with van der Waals surface area (Å²) in [6.07, 6.45) is 4.48. The molecule has 0 unspecified atom stereocenters. The fourth-order valence-corrected chi connectivity index (χ4v) is 4.43. The summed E-state index contributed by atoms with van der Waals surface area (Å²) in [5, 5.41) is 8.69. The van der Waals surface area contributed by atoms with E-state index in [-0.39, 0.29) is 23.4 Å². The summed E-state index contributed by atoms with van der Waals surface area (Å²) in [7, 11) is 0. The van der Waals surface area contributed by atoms with E-state index in [1.165, 1.54) is 6.07 Å². The van der Waals surface area contributed by atoms with E-state index in [0.29, 0.717) is 19.0 Å². The maximum Gasteiger partial charge on any atom is 0.329 e. The molecule has 1 N–H and O–H groups in total. The number of carboxylic acids is 1. The minimum absolute atomic E-state index is 0.0417. The summed E-state index contributed by atoms with van der Waals surface area (Å²) in [6.45, 7) is 0.753. The molecular weight excluding hydrogens is 394 g/mol. The SMILES string of the molecule is O=C(O)COCCC12CCC(c3cccc(Oc4ccc(F)c(F)c4)c3)(CC1)OC2. The average molecular weight is 418 g/mol. The van der Waals surface area contributed by atoms with Gasteiger partial charge in [-0.2, -0.15) is 0 Å². The Morgan fingerprint density at radius 3 is 2.47 bits per heavy atom.